The van der Waals surface area contributed by atoms with Gasteiger partial charge in [-0.15, -0.1) is 0 Å². The molecule has 0 aromatic heterocycles. The molecule has 0 heterocycles. The van der Waals surface area contributed by atoms with Gasteiger partial charge >= 0.3 is 0 Å². The lowest BCUT2D eigenvalue weighted by atomic mass is 10.2. The highest BCUT2D eigenvalue weighted by Crippen LogP contribution is 2.17. The molecule has 4 heteroatoms. The highest BCUT2D eigenvalue weighted by molar-refractivity contribution is 7.84. The van der Waals surface area contributed by atoms with Crippen molar-refractivity contribution in [2.75, 3.05) is 18.2 Å². The minimum absolute atomic E-state index is 0.668. The lowest BCUT2D eigenvalue weighted by Gasteiger charge is -2.09. The summed E-state index contributed by atoms with van der Waals surface area (Å²) in [6.07, 6.45) is 1.69. The van der Waals surface area contributed by atoms with Gasteiger partial charge in [0.15, 0.2) is 0 Å². The van der Waals surface area contributed by atoms with E-state index in [2.05, 4.69) is 11.4 Å². The van der Waals surface area contributed by atoms with Gasteiger partial charge in [0, 0.05) is 34.2 Å². The van der Waals surface area contributed by atoms with E-state index in [1.54, 1.807) is 6.26 Å². The Hall–Kier alpha value is -1.81. The summed E-state index contributed by atoms with van der Waals surface area (Å²) in [5, 5.41) is 3.34. The van der Waals surface area contributed by atoms with E-state index >= 15 is 0 Å². The molecule has 0 radical (unpaired) electrons. The Labute approximate surface area is 122 Å². The number of hydrogen-bond acceptors (Lipinski definition) is 3. The summed E-state index contributed by atoms with van der Waals surface area (Å²) in [6, 6.07) is 15.7. The molecule has 1 N–H and O–H groups in total. The lowest BCUT2D eigenvalue weighted by Crippen LogP contribution is -2.01. The van der Waals surface area contributed by atoms with Gasteiger partial charge in [-0.1, -0.05) is 18.2 Å². The van der Waals surface area contributed by atoms with Crippen molar-refractivity contribution in [2.45, 2.75) is 18.4 Å². The second kappa shape index (κ2) is 7.10. The number of hydrogen-bond donors (Lipinski definition) is 1. The van der Waals surface area contributed by atoms with Crippen LogP contribution in [0.3, 0.4) is 0 Å². The van der Waals surface area contributed by atoms with E-state index in [0.717, 1.165) is 21.9 Å². The van der Waals surface area contributed by atoms with Crippen molar-refractivity contribution in [3.63, 3.8) is 0 Å². The summed E-state index contributed by atoms with van der Waals surface area (Å²) in [6.45, 7) is 3.35. The third-order valence-corrected chi connectivity index (χ3v) is 3.79. The van der Waals surface area contributed by atoms with E-state index in [1.165, 1.54) is 0 Å². The van der Waals surface area contributed by atoms with Gasteiger partial charge < -0.3 is 10.1 Å². The second-order valence-electron chi connectivity index (χ2n) is 4.42. The summed E-state index contributed by atoms with van der Waals surface area (Å²) in [5.74, 6) is 0.884. The zero-order valence-electron chi connectivity index (χ0n) is 11.8. The molecule has 106 valence electrons. The van der Waals surface area contributed by atoms with E-state index < -0.39 is 10.8 Å². The molecule has 0 spiro atoms. The van der Waals surface area contributed by atoms with Crippen LogP contribution in [-0.2, 0) is 17.3 Å². The first-order valence-corrected chi connectivity index (χ1v) is 8.14. The molecule has 0 amide bonds. The molecule has 0 saturated heterocycles. The average Bonchev–Trinajstić information content (AvgIpc) is 2.46. The quantitative estimate of drug-likeness (QED) is 0.885. The molecule has 1 unspecified atom stereocenters. The van der Waals surface area contributed by atoms with Crippen molar-refractivity contribution >= 4 is 16.5 Å². The van der Waals surface area contributed by atoms with Gasteiger partial charge in [-0.05, 0) is 42.8 Å². The zero-order valence-corrected chi connectivity index (χ0v) is 12.6. The Balaban J connectivity index is 2.03. The standard InChI is InChI=1S/C16H19NO2S/c1-3-19-15-8-4-6-13(10-15)12-17-14-7-5-9-16(11-14)20(2)18/h4-11,17H,3,12H2,1-2H3. The van der Waals surface area contributed by atoms with Crippen LogP contribution < -0.4 is 10.1 Å². The smallest absolute Gasteiger partial charge is 0.119 e. The van der Waals surface area contributed by atoms with Gasteiger partial charge in [-0.25, -0.2) is 0 Å². The molecule has 3 nitrogen and oxygen atoms in total. The topological polar surface area (TPSA) is 38.3 Å². The molecule has 0 fully saturated rings. The van der Waals surface area contributed by atoms with Crippen molar-refractivity contribution in [1.29, 1.82) is 0 Å². The van der Waals surface area contributed by atoms with Gasteiger partial charge in [0.1, 0.15) is 5.75 Å². The van der Waals surface area contributed by atoms with Crippen molar-refractivity contribution in [1.82, 2.24) is 0 Å². The molecular formula is C16H19NO2S. The second-order valence-corrected chi connectivity index (χ2v) is 5.80. The molecule has 0 aliphatic rings. The fourth-order valence-electron chi connectivity index (χ4n) is 1.90. The molecular weight excluding hydrogens is 270 g/mol. The summed E-state index contributed by atoms with van der Waals surface area (Å²) in [5.41, 5.74) is 2.12. The van der Waals surface area contributed by atoms with E-state index in [-0.39, 0.29) is 0 Å². The van der Waals surface area contributed by atoms with Crippen LogP contribution in [0.4, 0.5) is 5.69 Å². The van der Waals surface area contributed by atoms with Crippen LogP contribution in [0.5, 0.6) is 5.75 Å². The predicted octanol–water partition coefficient (Wildman–Crippen LogP) is 3.43. The van der Waals surface area contributed by atoms with Crippen LogP contribution in [0.2, 0.25) is 0 Å². The largest absolute Gasteiger partial charge is 0.494 e. The fraction of sp³-hybridized carbons (Fsp3) is 0.250. The van der Waals surface area contributed by atoms with E-state index in [1.807, 2.05) is 49.4 Å². The van der Waals surface area contributed by atoms with Gasteiger partial charge in [-0.3, -0.25) is 4.21 Å². The Morgan fingerprint density at radius 3 is 2.70 bits per heavy atom. The Bertz CT molecular complexity index is 599. The fourth-order valence-corrected chi connectivity index (χ4v) is 2.46. The number of benzene rings is 2. The van der Waals surface area contributed by atoms with Crippen molar-refractivity contribution in [3.8, 4) is 5.75 Å². The molecule has 2 aromatic rings. The summed E-state index contributed by atoms with van der Waals surface area (Å²) in [7, 11) is -0.954. The molecule has 0 aliphatic heterocycles. The molecule has 2 rings (SSSR count). The first kappa shape index (κ1) is 14.6. The third kappa shape index (κ3) is 4.10. The summed E-state index contributed by atoms with van der Waals surface area (Å²) < 4.78 is 16.9. The predicted molar refractivity (Wildman–Crippen MR) is 83.7 cm³/mol. The average molecular weight is 289 g/mol. The SMILES string of the molecule is CCOc1cccc(CNc2cccc(S(C)=O)c2)c1. The molecule has 0 aliphatic carbocycles. The maximum absolute atomic E-state index is 11.5. The normalized spacial score (nSPS) is 11.9. The molecule has 1 atom stereocenters. The molecule has 2 aromatic carbocycles. The molecule has 0 bridgehead atoms. The maximum atomic E-state index is 11.5. The van der Waals surface area contributed by atoms with E-state index in [4.69, 9.17) is 4.74 Å². The Morgan fingerprint density at radius 1 is 1.15 bits per heavy atom. The molecule has 20 heavy (non-hydrogen) atoms. The van der Waals surface area contributed by atoms with E-state index in [9.17, 15) is 4.21 Å². The monoisotopic (exact) mass is 289 g/mol. The minimum atomic E-state index is -0.954. The van der Waals surface area contributed by atoms with Crippen LogP contribution in [0.25, 0.3) is 0 Å². The van der Waals surface area contributed by atoms with Crippen LogP contribution in [0, 0.1) is 0 Å². The van der Waals surface area contributed by atoms with Crippen LogP contribution in [0.15, 0.2) is 53.4 Å². The van der Waals surface area contributed by atoms with Gasteiger partial charge in [0.2, 0.25) is 0 Å². The number of anilines is 1. The Kier molecular flexibility index (Phi) is 5.18. The highest BCUT2D eigenvalue weighted by atomic mass is 32.2. The third-order valence-electron chi connectivity index (χ3n) is 2.87. The van der Waals surface area contributed by atoms with E-state index in [0.29, 0.717) is 13.2 Å². The van der Waals surface area contributed by atoms with Gasteiger partial charge in [-0.2, -0.15) is 0 Å². The minimum Gasteiger partial charge on any atom is -0.494 e. The van der Waals surface area contributed by atoms with Crippen molar-refractivity contribution in [2.24, 2.45) is 0 Å². The number of ether oxygens (including phenoxy) is 1. The van der Waals surface area contributed by atoms with Crippen LogP contribution in [0.1, 0.15) is 12.5 Å². The molecule has 0 saturated carbocycles. The van der Waals surface area contributed by atoms with Gasteiger partial charge in [0.25, 0.3) is 0 Å². The maximum Gasteiger partial charge on any atom is 0.119 e. The van der Waals surface area contributed by atoms with Crippen LogP contribution in [-0.4, -0.2) is 17.1 Å². The van der Waals surface area contributed by atoms with Crippen molar-refractivity contribution in [3.05, 3.63) is 54.1 Å². The number of rotatable bonds is 6. The lowest BCUT2D eigenvalue weighted by molar-refractivity contribution is 0.340. The summed E-state index contributed by atoms with van der Waals surface area (Å²) >= 11 is 0. The van der Waals surface area contributed by atoms with Gasteiger partial charge in [0.05, 0.1) is 6.61 Å². The summed E-state index contributed by atoms with van der Waals surface area (Å²) in [4.78, 5) is 0.832. The Morgan fingerprint density at radius 2 is 1.95 bits per heavy atom. The zero-order chi connectivity index (χ0) is 14.4. The first-order chi connectivity index (χ1) is 9.69. The van der Waals surface area contributed by atoms with Crippen molar-refractivity contribution < 1.29 is 8.95 Å². The number of nitrogens with one attached hydrogen (secondary N) is 1. The first-order valence-electron chi connectivity index (χ1n) is 6.58. The highest BCUT2D eigenvalue weighted by Gasteiger charge is 2.00. The van der Waals surface area contributed by atoms with Crippen LogP contribution >= 0.6 is 0 Å².